The quantitative estimate of drug-likeness (QED) is 0.636. The van der Waals surface area contributed by atoms with E-state index >= 15 is 0 Å². The van der Waals surface area contributed by atoms with Crippen LogP contribution < -0.4 is 0 Å². The highest BCUT2D eigenvalue weighted by atomic mass is 16.5. The molecule has 0 aromatic carbocycles. The van der Waals surface area contributed by atoms with Gasteiger partial charge in [-0.2, -0.15) is 5.26 Å². The molecule has 0 N–H and O–H groups in total. The first-order valence-electron chi connectivity index (χ1n) is 5.17. The highest BCUT2D eigenvalue weighted by molar-refractivity contribution is 5.80. The van der Waals surface area contributed by atoms with E-state index in [9.17, 15) is 4.79 Å². The molecule has 0 saturated heterocycles. The van der Waals surface area contributed by atoms with Crippen LogP contribution in [0.15, 0.2) is 0 Å². The molecule has 0 aliphatic carbocycles. The summed E-state index contributed by atoms with van der Waals surface area (Å²) in [5.74, 6) is -0.337. The summed E-state index contributed by atoms with van der Waals surface area (Å²) >= 11 is 0. The molecule has 80 valence electrons. The summed E-state index contributed by atoms with van der Waals surface area (Å²) in [5.41, 5.74) is -0.954. The Morgan fingerprint density at radius 2 is 2.07 bits per heavy atom. The van der Waals surface area contributed by atoms with Crippen LogP contribution in [0.25, 0.3) is 0 Å². The first-order chi connectivity index (χ1) is 6.58. The van der Waals surface area contributed by atoms with Crippen molar-refractivity contribution < 1.29 is 9.53 Å². The summed E-state index contributed by atoms with van der Waals surface area (Å²) in [5, 5.41) is 9.12. The highest BCUT2D eigenvalue weighted by Crippen LogP contribution is 2.34. The number of carbonyl (C=O) groups is 1. The molecular formula is C11H19NO2. The molecule has 0 radical (unpaired) electrons. The van der Waals surface area contributed by atoms with Gasteiger partial charge >= 0.3 is 5.97 Å². The van der Waals surface area contributed by atoms with Gasteiger partial charge in [-0.3, -0.25) is 4.79 Å². The first-order valence-corrected chi connectivity index (χ1v) is 5.17. The Hall–Kier alpha value is -1.04. The topological polar surface area (TPSA) is 50.1 Å². The molecule has 0 heterocycles. The lowest BCUT2D eigenvalue weighted by Gasteiger charge is -2.28. The van der Waals surface area contributed by atoms with Gasteiger partial charge in [-0.1, -0.05) is 27.2 Å². The molecule has 3 heteroatoms. The number of rotatable bonds is 5. The summed E-state index contributed by atoms with van der Waals surface area (Å²) in [6, 6.07) is 2.13. The van der Waals surface area contributed by atoms with Gasteiger partial charge in [0, 0.05) is 0 Å². The molecule has 0 unspecified atom stereocenters. The molecule has 0 saturated carbocycles. The van der Waals surface area contributed by atoms with E-state index < -0.39 is 5.41 Å². The Kier molecular flexibility index (Phi) is 5.22. The fraction of sp³-hybridized carbons (Fsp3) is 0.818. The SMILES string of the molecule is CCOC(=O)[C@](C#N)(CC)[C@H](C)CC. The standard InChI is InChI=1S/C11H19NO2/c1-5-9(4)11(6-2,8-12)10(13)14-7-3/h9H,5-7H2,1-4H3/t9-,11+/m1/s1. The third-order valence-corrected chi connectivity index (χ3v) is 2.85. The molecule has 0 amide bonds. The third-order valence-electron chi connectivity index (χ3n) is 2.85. The molecule has 3 nitrogen and oxygen atoms in total. The molecule has 2 atom stereocenters. The van der Waals surface area contributed by atoms with Crippen LogP contribution in [0.1, 0.15) is 40.5 Å². The lowest BCUT2D eigenvalue weighted by molar-refractivity contribution is -0.154. The lowest BCUT2D eigenvalue weighted by atomic mass is 9.74. The Morgan fingerprint density at radius 3 is 2.36 bits per heavy atom. The van der Waals surface area contributed by atoms with Crippen molar-refractivity contribution in [2.24, 2.45) is 11.3 Å². The van der Waals surface area contributed by atoms with Crippen molar-refractivity contribution >= 4 is 5.97 Å². The zero-order chi connectivity index (χ0) is 11.2. The van der Waals surface area contributed by atoms with Crippen molar-refractivity contribution in [3.05, 3.63) is 0 Å². The Bertz CT molecular complexity index is 232. The Morgan fingerprint density at radius 1 is 1.50 bits per heavy atom. The number of nitrogens with zero attached hydrogens (tertiary/aromatic N) is 1. The van der Waals surface area contributed by atoms with Gasteiger partial charge < -0.3 is 4.74 Å². The number of ether oxygens (including phenoxy) is 1. The van der Waals surface area contributed by atoms with Crippen LogP contribution in [0.5, 0.6) is 0 Å². The Labute approximate surface area is 86.1 Å². The Balaban J connectivity index is 4.89. The van der Waals surface area contributed by atoms with E-state index in [-0.39, 0.29) is 11.9 Å². The van der Waals surface area contributed by atoms with Crippen molar-refractivity contribution in [2.75, 3.05) is 6.61 Å². The fourth-order valence-corrected chi connectivity index (χ4v) is 1.54. The number of hydrogen-bond donors (Lipinski definition) is 0. The molecule has 0 aromatic heterocycles. The third kappa shape index (κ3) is 2.25. The van der Waals surface area contributed by atoms with Crippen LogP contribution in [0.3, 0.4) is 0 Å². The van der Waals surface area contributed by atoms with Crippen molar-refractivity contribution in [2.45, 2.75) is 40.5 Å². The van der Waals surface area contributed by atoms with Gasteiger partial charge in [-0.15, -0.1) is 0 Å². The average molecular weight is 197 g/mol. The summed E-state index contributed by atoms with van der Waals surface area (Å²) in [7, 11) is 0. The second-order valence-corrected chi connectivity index (χ2v) is 3.47. The van der Waals surface area contributed by atoms with Gasteiger partial charge in [0.2, 0.25) is 0 Å². The smallest absolute Gasteiger partial charge is 0.326 e. The van der Waals surface area contributed by atoms with Crippen molar-refractivity contribution in [1.29, 1.82) is 5.26 Å². The van der Waals surface area contributed by atoms with Crippen molar-refractivity contribution in [1.82, 2.24) is 0 Å². The van der Waals surface area contributed by atoms with E-state index in [0.29, 0.717) is 13.0 Å². The van der Waals surface area contributed by atoms with Gasteiger partial charge in [0.25, 0.3) is 0 Å². The predicted molar refractivity (Wildman–Crippen MR) is 54.4 cm³/mol. The van der Waals surface area contributed by atoms with Crippen LogP contribution in [0.4, 0.5) is 0 Å². The first kappa shape index (κ1) is 13.0. The van der Waals surface area contributed by atoms with Crippen LogP contribution in [-0.2, 0) is 9.53 Å². The predicted octanol–water partition coefficient (Wildman–Crippen LogP) is 2.52. The molecule has 0 spiro atoms. The minimum absolute atomic E-state index is 0.0385. The second kappa shape index (κ2) is 5.64. The number of hydrogen-bond acceptors (Lipinski definition) is 3. The maximum atomic E-state index is 11.7. The number of esters is 1. The summed E-state index contributed by atoms with van der Waals surface area (Å²) in [6.45, 7) is 7.84. The minimum Gasteiger partial charge on any atom is -0.465 e. The monoisotopic (exact) mass is 197 g/mol. The van der Waals surface area contributed by atoms with Crippen LogP contribution in [0.2, 0.25) is 0 Å². The van der Waals surface area contributed by atoms with E-state index in [4.69, 9.17) is 10.00 Å². The van der Waals surface area contributed by atoms with Crippen LogP contribution in [0, 0.1) is 22.7 Å². The highest BCUT2D eigenvalue weighted by Gasteiger charge is 2.42. The van der Waals surface area contributed by atoms with E-state index in [0.717, 1.165) is 6.42 Å². The fourth-order valence-electron chi connectivity index (χ4n) is 1.54. The molecule has 0 aliphatic rings. The van der Waals surface area contributed by atoms with E-state index in [1.165, 1.54) is 0 Å². The zero-order valence-electron chi connectivity index (χ0n) is 9.46. The summed E-state index contributed by atoms with van der Waals surface area (Å²) in [4.78, 5) is 11.7. The molecular weight excluding hydrogens is 178 g/mol. The summed E-state index contributed by atoms with van der Waals surface area (Å²) < 4.78 is 4.95. The minimum atomic E-state index is -0.954. The maximum Gasteiger partial charge on any atom is 0.326 e. The zero-order valence-corrected chi connectivity index (χ0v) is 9.46. The van der Waals surface area contributed by atoms with Gasteiger partial charge in [0.05, 0.1) is 12.7 Å². The molecule has 0 fully saturated rings. The van der Waals surface area contributed by atoms with E-state index in [1.807, 2.05) is 20.8 Å². The molecule has 0 aromatic rings. The van der Waals surface area contributed by atoms with Crippen LogP contribution >= 0.6 is 0 Å². The van der Waals surface area contributed by atoms with Gasteiger partial charge in [0.15, 0.2) is 5.41 Å². The molecule has 14 heavy (non-hydrogen) atoms. The van der Waals surface area contributed by atoms with Gasteiger partial charge in [0.1, 0.15) is 0 Å². The normalized spacial score (nSPS) is 16.5. The average Bonchev–Trinajstić information content (AvgIpc) is 2.20. The number of nitriles is 1. The molecule has 0 bridgehead atoms. The van der Waals surface area contributed by atoms with Crippen molar-refractivity contribution in [3.63, 3.8) is 0 Å². The van der Waals surface area contributed by atoms with Crippen molar-refractivity contribution in [3.8, 4) is 6.07 Å². The van der Waals surface area contributed by atoms with Gasteiger partial charge in [-0.05, 0) is 19.3 Å². The number of carbonyl (C=O) groups excluding carboxylic acids is 1. The van der Waals surface area contributed by atoms with E-state index in [2.05, 4.69) is 6.07 Å². The van der Waals surface area contributed by atoms with Gasteiger partial charge in [-0.25, -0.2) is 0 Å². The molecule has 0 aliphatic heterocycles. The van der Waals surface area contributed by atoms with E-state index in [1.54, 1.807) is 6.92 Å². The van der Waals surface area contributed by atoms with Crippen LogP contribution in [-0.4, -0.2) is 12.6 Å². The lowest BCUT2D eigenvalue weighted by Crippen LogP contribution is -2.37. The maximum absolute atomic E-state index is 11.7. The second-order valence-electron chi connectivity index (χ2n) is 3.47. The largest absolute Gasteiger partial charge is 0.465 e. The summed E-state index contributed by atoms with van der Waals surface area (Å²) in [6.07, 6.45) is 1.32. The molecule has 0 rings (SSSR count).